The summed E-state index contributed by atoms with van der Waals surface area (Å²) < 4.78 is 79.8. The maximum atomic E-state index is 13.4. The zero-order valence-electron chi connectivity index (χ0n) is 26.7. The lowest BCUT2D eigenvalue weighted by Crippen LogP contribution is -2.34. The minimum atomic E-state index is -1.47. The van der Waals surface area contributed by atoms with Crippen LogP contribution in [0.3, 0.4) is 0 Å². The molecule has 4 aliphatic carbocycles. The molecule has 0 aliphatic heterocycles. The van der Waals surface area contributed by atoms with Crippen LogP contribution in [0.25, 0.3) is 5.57 Å². The van der Waals surface area contributed by atoms with Gasteiger partial charge in [-0.1, -0.05) is 45.6 Å². The van der Waals surface area contributed by atoms with Crippen molar-refractivity contribution in [2.75, 3.05) is 0 Å². The molecular formula is C38H52F6O. The Labute approximate surface area is 267 Å². The van der Waals surface area contributed by atoms with Crippen LogP contribution in [-0.2, 0) is 5.60 Å². The van der Waals surface area contributed by atoms with Crippen molar-refractivity contribution in [3.8, 4) is 0 Å². The van der Waals surface area contributed by atoms with Crippen LogP contribution in [0, 0.1) is 70.4 Å². The normalized spacial score (nSPS) is 32.3. The van der Waals surface area contributed by atoms with E-state index in [1.807, 2.05) is 0 Å². The Kier molecular flexibility index (Phi) is 11.1. The molecule has 1 atom stereocenters. The average Bonchev–Trinajstić information content (AvgIpc) is 3.03. The van der Waals surface area contributed by atoms with E-state index in [0.717, 1.165) is 85.6 Å². The highest BCUT2D eigenvalue weighted by molar-refractivity contribution is 5.66. The Bertz CT molecular complexity index is 1300. The summed E-state index contributed by atoms with van der Waals surface area (Å²) in [6, 6.07) is 4.13. The molecule has 0 saturated heterocycles. The van der Waals surface area contributed by atoms with Gasteiger partial charge in [0.25, 0.3) is 0 Å². The Hall–Kier alpha value is -2.28. The number of hydrogen-bond donors (Lipinski definition) is 1. The van der Waals surface area contributed by atoms with Gasteiger partial charge in [-0.2, -0.15) is 0 Å². The molecule has 0 aromatic heterocycles. The van der Waals surface area contributed by atoms with Gasteiger partial charge in [-0.15, -0.1) is 0 Å². The Balaban J connectivity index is 0.000000245. The molecule has 0 amide bonds. The van der Waals surface area contributed by atoms with E-state index in [0.29, 0.717) is 30.2 Å². The second-order valence-electron chi connectivity index (χ2n) is 14.7. The molecule has 45 heavy (non-hydrogen) atoms. The van der Waals surface area contributed by atoms with E-state index in [4.69, 9.17) is 0 Å². The van der Waals surface area contributed by atoms with Gasteiger partial charge in [0.05, 0.1) is 5.60 Å². The quantitative estimate of drug-likeness (QED) is 0.261. The average molecular weight is 639 g/mol. The highest BCUT2D eigenvalue weighted by Crippen LogP contribution is 2.46. The lowest BCUT2D eigenvalue weighted by molar-refractivity contribution is -0.0263. The molecule has 0 radical (unpaired) electrons. The van der Waals surface area contributed by atoms with Crippen LogP contribution in [0.2, 0.25) is 0 Å². The molecule has 7 heteroatoms. The van der Waals surface area contributed by atoms with E-state index in [-0.39, 0.29) is 8.42 Å². The Morgan fingerprint density at radius 2 is 1.00 bits per heavy atom. The molecule has 1 N–H and O–H groups in total. The number of hydrogen-bond acceptors (Lipinski definition) is 1. The summed E-state index contributed by atoms with van der Waals surface area (Å²) in [5.41, 5.74) is 0.392. The molecule has 0 bridgehead atoms. The number of rotatable bonds is 4. The molecule has 0 heterocycles. The SMILES string of the molecule is CC1CCC(C2CC=C(c3cc(F)c(F)c(F)c3)CC2)CC1.CC1CCC(C2CCC(O)(c3cc(F)c(F)c(F)c3)CC2)CC1.[HH].[HH]. The van der Waals surface area contributed by atoms with Crippen LogP contribution in [0.1, 0.15) is 124 Å². The van der Waals surface area contributed by atoms with Crippen LogP contribution < -0.4 is 0 Å². The predicted molar refractivity (Wildman–Crippen MR) is 170 cm³/mol. The highest BCUT2D eigenvalue weighted by Gasteiger charge is 2.39. The van der Waals surface area contributed by atoms with E-state index >= 15 is 0 Å². The zero-order valence-corrected chi connectivity index (χ0v) is 26.7. The first-order valence-corrected chi connectivity index (χ1v) is 17.1. The number of halogens is 6. The molecule has 6 rings (SSSR count). The van der Waals surface area contributed by atoms with Crippen molar-refractivity contribution in [1.82, 2.24) is 0 Å². The van der Waals surface area contributed by atoms with E-state index in [1.165, 1.54) is 51.4 Å². The van der Waals surface area contributed by atoms with Gasteiger partial charge in [0, 0.05) is 2.85 Å². The van der Waals surface area contributed by atoms with Gasteiger partial charge in [0.1, 0.15) is 0 Å². The van der Waals surface area contributed by atoms with E-state index < -0.39 is 40.5 Å². The third kappa shape index (κ3) is 8.18. The summed E-state index contributed by atoms with van der Waals surface area (Å²) in [6.07, 6.45) is 18.1. The number of benzene rings is 2. The minimum absolute atomic E-state index is 0. The maximum absolute atomic E-state index is 13.4. The van der Waals surface area contributed by atoms with Gasteiger partial charge in [-0.25, -0.2) is 26.3 Å². The van der Waals surface area contributed by atoms with Crippen molar-refractivity contribution in [2.45, 2.75) is 116 Å². The first kappa shape index (κ1) is 34.1. The molecule has 1 nitrogen and oxygen atoms in total. The van der Waals surface area contributed by atoms with Crippen LogP contribution in [0.4, 0.5) is 26.3 Å². The van der Waals surface area contributed by atoms with Crippen molar-refractivity contribution in [1.29, 1.82) is 0 Å². The molecule has 3 saturated carbocycles. The van der Waals surface area contributed by atoms with E-state index in [1.54, 1.807) is 0 Å². The summed E-state index contributed by atoms with van der Waals surface area (Å²) in [5.74, 6) is -3.01. The third-order valence-corrected chi connectivity index (χ3v) is 11.6. The van der Waals surface area contributed by atoms with Gasteiger partial charge in [0.2, 0.25) is 0 Å². The molecule has 2 aromatic rings. The molecule has 3 fully saturated rings. The largest absolute Gasteiger partial charge is 0.385 e. The highest BCUT2D eigenvalue weighted by atomic mass is 19.2. The fourth-order valence-corrected chi connectivity index (χ4v) is 8.50. The fourth-order valence-electron chi connectivity index (χ4n) is 8.50. The molecule has 4 aliphatic rings. The number of aliphatic hydroxyl groups is 1. The number of allylic oxidation sites excluding steroid dienone is 2. The van der Waals surface area contributed by atoms with Crippen molar-refractivity contribution in [3.05, 3.63) is 76.4 Å². The maximum Gasteiger partial charge on any atom is 0.194 e. The van der Waals surface area contributed by atoms with Gasteiger partial charge in [-0.3, -0.25) is 0 Å². The summed E-state index contributed by atoms with van der Waals surface area (Å²) >= 11 is 0. The van der Waals surface area contributed by atoms with Crippen LogP contribution in [-0.4, -0.2) is 5.11 Å². The summed E-state index contributed by atoms with van der Waals surface area (Å²) in [5, 5.41) is 10.8. The molecule has 1 unspecified atom stereocenters. The van der Waals surface area contributed by atoms with E-state index in [9.17, 15) is 31.4 Å². The van der Waals surface area contributed by atoms with Crippen LogP contribution in [0.5, 0.6) is 0 Å². The molecule has 252 valence electrons. The standard InChI is InChI=1S/C19H25F3O.C19H23F3.2H2/c1-12-2-4-13(5-3-12)14-6-8-19(23,9-7-14)15-10-16(20)18(22)17(21)11-15;1-12-2-4-13(5-3-12)14-6-8-15(9-7-14)16-10-17(20)19(22)18(21)11-16;;/h10-14,23H,2-9H2,1H3;8,10-14H,2-7,9H2,1H3;2*1H. The lowest BCUT2D eigenvalue weighted by Gasteiger charge is -2.41. The Morgan fingerprint density at radius 3 is 1.44 bits per heavy atom. The lowest BCUT2D eigenvalue weighted by atomic mass is 9.67. The van der Waals surface area contributed by atoms with Gasteiger partial charge < -0.3 is 5.11 Å². The minimum Gasteiger partial charge on any atom is -0.385 e. The van der Waals surface area contributed by atoms with Crippen molar-refractivity contribution in [2.24, 2.45) is 35.5 Å². The molecule has 0 spiro atoms. The van der Waals surface area contributed by atoms with Crippen molar-refractivity contribution >= 4 is 5.57 Å². The third-order valence-electron chi connectivity index (χ3n) is 11.6. The monoisotopic (exact) mass is 638 g/mol. The Morgan fingerprint density at radius 1 is 0.578 bits per heavy atom. The van der Waals surface area contributed by atoms with Crippen molar-refractivity contribution in [3.63, 3.8) is 0 Å². The van der Waals surface area contributed by atoms with Crippen LogP contribution >= 0.6 is 0 Å². The van der Waals surface area contributed by atoms with E-state index in [2.05, 4.69) is 19.9 Å². The first-order valence-electron chi connectivity index (χ1n) is 17.1. The van der Waals surface area contributed by atoms with Gasteiger partial charge >= 0.3 is 0 Å². The van der Waals surface area contributed by atoms with Crippen LogP contribution in [0.15, 0.2) is 30.3 Å². The zero-order chi connectivity index (χ0) is 32.3. The smallest absolute Gasteiger partial charge is 0.194 e. The second-order valence-corrected chi connectivity index (χ2v) is 14.7. The molecular weight excluding hydrogens is 586 g/mol. The topological polar surface area (TPSA) is 20.2 Å². The second kappa shape index (κ2) is 14.6. The first-order chi connectivity index (χ1) is 21.4. The summed E-state index contributed by atoms with van der Waals surface area (Å²) in [6.45, 7) is 4.63. The molecule has 2 aromatic carbocycles. The summed E-state index contributed by atoms with van der Waals surface area (Å²) in [7, 11) is 0. The van der Waals surface area contributed by atoms with Gasteiger partial charge in [0.15, 0.2) is 34.9 Å². The fraction of sp³-hybridized carbons (Fsp3) is 0.632. The summed E-state index contributed by atoms with van der Waals surface area (Å²) in [4.78, 5) is 0. The predicted octanol–water partition coefficient (Wildman–Crippen LogP) is 11.9. The van der Waals surface area contributed by atoms with Gasteiger partial charge in [-0.05, 0) is 147 Å². The van der Waals surface area contributed by atoms with Crippen molar-refractivity contribution < 1.29 is 34.3 Å².